The van der Waals surface area contributed by atoms with Crippen LogP contribution in [0, 0.1) is 11.3 Å². The molecular formula is C14H27N3O2. The molecule has 0 aliphatic heterocycles. The number of amidine groups is 1. The van der Waals surface area contributed by atoms with E-state index < -0.39 is 0 Å². The molecule has 2 aliphatic carbocycles. The molecule has 19 heavy (non-hydrogen) atoms. The van der Waals surface area contributed by atoms with Crippen molar-refractivity contribution in [3.05, 3.63) is 0 Å². The van der Waals surface area contributed by atoms with Crippen LogP contribution >= 0.6 is 0 Å². The number of oxime groups is 1. The summed E-state index contributed by atoms with van der Waals surface area (Å²) in [6.45, 7) is 5.12. The molecule has 5 heteroatoms. The van der Waals surface area contributed by atoms with Gasteiger partial charge in [-0.05, 0) is 43.9 Å². The fraction of sp³-hybridized carbons (Fsp3) is 0.929. The number of ether oxygens (including phenoxy) is 1. The largest absolute Gasteiger partial charge is 0.409 e. The molecule has 0 spiro atoms. The van der Waals surface area contributed by atoms with Gasteiger partial charge in [0.15, 0.2) is 0 Å². The number of nitrogens with two attached hydrogens (primary N) is 1. The van der Waals surface area contributed by atoms with Crippen LogP contribution in [0.15, 0.2) is 5.16 Å². The third kappa shape index (κ3) is 4.08. The minimum atomic E-state index is 0.243. The van der Waals surface area contributed by atoms with Crippen molar-refractivity contribution in [3.8, 4) is 0 Å². The second-order valence-electron chi connectivity index (χ2n) is 6.31. The maximum absolute atomic E-state index is 8.74. The normalized spacial score (nSPS) is 23.6. The van der Waals surface area contributed by atoms with E-state index in [1.165, 1.54) is 25.7 Å². The monoisotopic (exact) mass is 269 g/mol. The Labute approximate surface area is 115 Å². The first-order valence-corrected chi connectivity index (χ1v) is 7.29. The van der Waals surface area contributed by atoms with Crippen molar-refractivity contribution in [2.45, 2.75) is 45.1 Å². The van der Waals surface area contributed by atoms with Crippen molar-refractivity contribution in [3.63, 3.8) is 0 Å². The molecule has 0 saturated heterocycles. The minimum absolute atomic E-state index is 0.243. The average Bonchev–Trinajstić information content (AvgIpc) is 3.28. The summed E-state index contributed by atoms with van der Waals surface area (Å²) in [6.07, 6.45) is 5.80. The molecule has 3 N–H and O–H groups in total. The van der Waals surface area contributed by atoms with Crippen LogP contribution in [0.5, 0.6) is 0 Å². The first-order valence-electron chi connectivity index (χ1n) is 7.29. The van der Waals surface area contributed by atoms with Crippen LogP contribution in [0.25, 0.3) is 0 Å². The lowest BCUT2D eigenvalue weighted by atomic mass is 9.99. The third-order valence-corrected chi connectivity index (χ3v) is 4.64. The van der Waals surface area contributed by atoms with Crippen molar-refractivity contribution in [2.75, 3.05) is 26.8 Å². The minimum Gasteiger partial charge on any atom is -0.409 e. The molecule has 110 valence electrons. The summed E-state index contributed by atoms with van der Waals surface area (Å²) in [7, 11) is 1.75. The summed E-state index contributed by atoms with van der Waals surface area (Å²) in [6, 6.07) is 0.625. The molecule has 0 aromatic carbocycles. The maximum atomic E-state index is 8.74. The SMILES string of the molecule is COCCN(CC1(CC(N)=NO)CC1)C(C)C1CC1. The summed E-state index contributed by atoms with van der Waals surface area (Å²) in [5.41, 5.74) is 5.92. The van der Waals surface area contributed by atoms with E-state index in [1.807, 2.05) is 0 Å². The number of hydrogen-bond acceptors (Lipinski definition) is 4. The summed E-state index contributed by atoms with van der Waals surface area (Å²) in [5.74, 6) is 1.22. The highest BCUT2D eigenvalue weighted by molar-refractivity contribution is 5.80. The van der Waals surface area contributed by atoms with Crippen LogP contribution in [0.2, 0.25) is 0 Å². The van der Waals surface area contributed by atoms with Gasteiger partial charge in [0, 0.05) is 32.7 Å². The van der Waals surface area contributed by atoms with E-state index in [1.54, 1.807) is 7.11 Å². The molecule has 2 saturated carbocycles. The van der Waals surface area contributed by atoms with Gasteiger partial charge in [-0.25, -0.2) is 0 Å². The van der Waals surface area contributed by atoms with Crippen LogP contribution in [-0.2, 0) is 4.74 Å². The summed E-state index contributed by atoms with van der Waals surface area (Å²) in [5, 5.41) is 11.9. The predicted molar refractivity (Wildman–Crippen MR) is 75.3 cm³/mol. The van der Waals surface area contributed by atoms with Gasteiger partial charge in [-0.1, -0.05) is 5.16 Å². The first-order chi connectivity index (χ1) is 9.10. The second-order valence-corrected chi connectivity index (χ2v) is 6.31. The molecule has 0 bridgehead atoms. The van der Waals surface area contributed by atoms with Crippen LogP contribution < -0.4 is 5.73 Å². The van der Waals surface area contributed by atoms with E-state index >= 15 is 0 Å². The van der Waals surface area contributed by atoms with Gasteiger partial charge in [0.25, 0.3) is 0 Å². The van der Waals surface area contributed by atoms with E-state index in [-0.39, 0.29) is 5.41 Å². The molecule has 2 rings (SSSR count). The number of hydrogen-bond donors (Lipinski definition) is 2. The zero-order valence-corrected chi connectivity index (χ0v) is 12.1. The van der Waals surface area contributed by atoms with E-state index in [2.05, 4.69) is 17.0 Å². The van der Waals surface area contributed by atoms with E-state index in [0.29, 0.717) is 18.3 Å². The Morgan fingerprint density at radius 2 is 2.21 bits per heavy atom. The van der Waals surface area contributed by atoms with Gasteiger partial charge in [-0.3, -0.25) is 4.90 Å². The number of rotatable bonds is 9. The maximum Gasteiger partial charge on any atom is 0.139 e. The predicted octanol–water partition coefficient (Wildman–Crippen LogP) is 1.65. The Kier molecular flexibility index (Phi) is 4.68. The van der Waals surface area contributed by atoms with Gasteiger partial charge in [0.2, 0.25) is 0 Å². The molecular weight excluding hydrogens is 242 g/mol. The van der Waals surface area contributed by atoms with Crippen molar-refractivity contribution in [1.29, 1.82) is 0 Å². The van der Waals surface area contributed by atoms with E-state index in [0.717, 1.165) is 25.6 Å². The van der Waals surface area contributed by atoms with Gasteiger partial charge in [-0.2, -0.15) is 0 Å². The van der Waals surface area contributed by atoms with E-state index in [9.17, 15) is 0 Å². The Bertz CT molecular complexity index is 325. The van der Waals surface area contributed by atoms with Gasteiger partial charge in [0.05, 0.1) is 6.61 Å². The molecule has 0 aromatic rings. The smallest absolute Gasteiger partial charge is 0.139 e. The van der Waals surface area contributed by atoms with Crippen molar-refractivity contribution < 1.29 is 9.94 Å². The van der Waals surface area contributed by atoms with Gasteiger partial charge < -0.3 is 15.7 Å². The van der Waals surface area contributed by atoms with Gasteiger partial charge >= 0.3 is 0 Å². The molecule has 1 atom stereocenters. The molecule has 1 unspecified atom stereocenters. The third-order valence-electron chi connectivity index (χ3n) is 4.64. The fourth-order valence-electron chi connectivity index (χ4n) is 2.93. The number of methoxy groups -OCH3 is 1. The summed E-state index contributed by atoms with van der Waals surface area (Å²) < 4.78 is 5.23. The highest BCUT2D eigenvalue weighted by Gasteiger charge is 2.46. The molecule has 0 amide bonds. The van der Waals surface area contributed by atoms with Crippen molar-refractivity contribution >= 4 is 5.84 Å². The highest BCUT2D eigenvalue weighted by atomic mass is 16.5. The zero-order valence-electron chi connectivity index (χ0n) is 12.1. The lowest BCUT2D eigenvalue weighted by Gasteiger charge is -2.32. The first kappa shape index (κ1) is 14.6. The van der Waals surface area contributed by atoms with Gasteiger partial charge in [-0.15, -0.1) is 0 Å². The molecule has 0 radical (unpaired) electrons. The summed E-state index contributed by atoms with van der Waals surface area (Å²) >= 11 is 0. The molecule has 0 heterocycles. The standard InChI is InChI=1S/C14H27N3O2/c1-11(12-3-4-12)17(7-8-19-2)10-14(5-6-14)9-13(15)16-18/h11-12,18H,3-10H2,1-2H3,(H2,15,16). The van der Waals surface area contributed by atoms with Crippen molar-refractivity contribution in [1.82, 2.24) is 4.90 Å². The van der Waals surface area contributed by atoms with Crippen LogP contribution in [0.4, 0.5) is 0 Å². The zero-order chi connectivity index (χ0) is 13.9. The Morgan fingerprint density at radius 1 is 1.53 bits per heavy atom. The lowest BCUT2D eigenvalue weighted by molar-refractivity contribution is 0.0994. The Balaban J connectivity index is 1.90. The van der Waals surface area contributed by atoms with Crippen LogP contribution in [-0.4, -0.2) is 48.8 Å². The highest BCUT2D eigenvalue weighted by Crippen LogP contribution is 2.50. The molecule has 2 fully saturated rings. The van der Waals surface area contributed by atoms with Crippen LogP contribution in [0.1, 0.15) is 39.0 Å². The molecule has 0 aromatic heterocycles. The Morgan fingerprint density at radius 3 is 2.68 bits per heavy atom. The second kappa shape index (κ2) is 6.09. The fourth-order valence-corrected chi connectivity index (χ4v) is 2.93. The van der Waals surface area contributed by atoms with Crippen LogP contribution in [0.3, 0.4) is 0 Å². The topological polar surface area (TPSA) is 71.1 Å². The summed E-state index contributed by atoms with van der Waals surface area (Å²) in [4.78, 5) is 2.54. The number of nitrogens with zero attached hydrogens (tertiary/aromatic N) is 2. The molecule has 5 nitrogen and oxygen atoms in total. The van der Waals surface area contributed by atoms with Crippen molar-refractivity contribution in [2.24, 2.45) is 22.2 Å². The molecule has 2 aliphatic rings. The lowest BCUT2D eigenvalue weighted by Crippen LogP contribution is -2.42. The average molecular weight is 269 g/mol. The quantitative estimate of drug-likeness (QED) is 0.289. The Hall–Kier alpha value is -0.810. The van der Waals surface area contributed by atoms with E-state index in [4.69, 9.17) is 15.7 Å². The van der Waals surface area contributed by atoms with Gasteiger partial charge in [0.1, 0.15) is 5.84 Å².